The molecule has 7 aromatic carbocycles. The molecule has 2 heterocycles. The van der Waals surface area contributed by atoms with E-state index in [4.69, 9.17) is 5.73 Å². The van der Waals surface area contributed by atoms with Crippen LogP contribution in [-0.4, -0.2) is 9.13 Å². The molecule has 2 N–H and O–H groups in total. The predicted octanol–water partition coefficient (Wildman–Crippen LogP) is 9.72. The van der Waals surface area contributed by atoms with Gasteiger partial charge >= 0.3 is 0 Å². The molecule has 43 heavy (non-hydrogen) atoms. The highest BCUT2D eigenvalue weighted by Crippen LogP contribution is 2.54. The van der Waals surface area contributed by atoms with E-state index < -0.39 is 0 Å². The first-order valence-corrected chi connectivity index (χ1v) is 15.1. The van der Waals surface area contributed by atoms with Gasteiger partial charge < -0.3 is 14.9 Å². The Morgan fingerprint density at radius 1 is 0.465 bits per heavy atom. The Morgan fingerprint density at radius 3 is 1.70 bits per heavy atom. The van der Waals surface area contributed by atoms with Crippen molar-refractivity contribution >= 4 is 65.2 Å². The van der Waals surface area contributed by atoms with E-state index in [1.54, 1.807) is 0 Å². The SMILES string of the molecule is CC1(C)c2cccc3c4cccc5c4c4c6c7c(c1ccc7n(-c1ccc(CN)cc1)c6ccc4n5-c1ccccc1)c23. The third-order valence-electron chi connectivity index (χ3n) is 10.2. The number of benzene rings is 6. The Labute approximate surface area is 248 Å². The first-order chi connectivity index (χ1) is 21.1. The average molecular weight is 552 g/mol. The standard InChI is InChI=1S/C40H29N3/c1-40(2)28-12-6-10-26-27-11-7-13-30-35(27)37-32(42(30)24-8-4-3-5-9-24)20-21-33-39(37)38-31(19-18-29(40)36(38)34(26)28)43(33)25-16-14-23(22-41)15-17-25/h3-21H,22,41H2,1-2H3. The van der Waals surface area contributed by atoms with Crippen LogP contribution in [0.4, 0.5) is 0 Å². The number of para-hydroxylation sites is 1. The normalized spacial score (nSPS) is 14.2. The Hall–Kier alpha value is -5.12. The summed E-state index contributed by atoms with van der Waals surface area (Å²) in [4.78, 5) is 0. The van der Waals surface area contributed by atoms with Crippen LogP contribution in [0.5, 0.6) is 0 Å². The van der Waals surface area contributed by atoms with Crippen molar-refractivity contribution in [2.75, 3.05) is 0 Å². The van der Waals surface area contributed by atoms with Crippen LogP contribution in [0.2, 0.25) is 0 Å². The van der Waals surface area contributed by atoms with Crippen molar-refractivity contribution in [2.45, 2.75) is 25.8 Å². The third kappa shape index (κ3) is 2.70. The molecule has 0 bridgehead atoms. The Kier molecular flexibility index (Phi) is 4.27. The molecule has 0 aliphatic heterocycles. The van der Waals surface area contributed by atoms with Crippen LogP contribution < -0.4 is 5.73 Å². The average Bonchev–Trinajstić information content (AvgIpc) is 3.64. The largest absolute Gasteiger partial charge is 0.326 e. The monoisotopic (exact) mass is 551 g/mol. The van der Waals surface area contributed by atoms with E-state index in [9.17, 15) is 0 Å². The number of hydrogen-bond donors (Lipinski definition) is 1. The van der Waals surface area contributed by atoms with Gasteiger partial charge in [-0.1, -0.05) is 80.6 Å². The molecular formula is C40H29N3. The zero-order chi connectivity index (χ0) is 28.6. The van der Waals surface area contributed by atoms with Gasteiger partial charge in [0.1, 0.15) is 0 Å². The van der Waals surface area contributed by atoms with Crippen LogP contribution in [0, 0.1) is 0 Å². The predicted molar refractivity (Wildman–Crippen MR) is 181 cm³/mol. The molecule has 0 saturated heterocycles. The second kappa shape index (κ2) is 7.83. The van der Waals surface area contributed by atoms with Gasteiger partial charge in [-0.05, 0) is 86.8 Å². The van der Waals surface area contributed by atoms with Crippen molar-refractivity contribution in [3.63, 3.8) is 0 Å². The van der Waals surface area contributed by atoms with Crippen LogP contribution >= 0.6 is 0 Å². The van der Waals surface area contributed by atoms with Gasteiger partial charge in [-0.15, -0.1) is 0 Å². The van der Waals surface area contributed by atoms with Crippen molar-refractivity contribution in [1.82, 2.24) is 9.13 Å². The maximum atomic E-state index is 5.99. The minimum Gasteiger partial charge on any atom is -0.326 e. The summed E-state index contributed by atoms with van der Waals surface area (Å²) >= 11 is 0. The first-order valence-electron chi connectivity index (χ1n) is 15.1. The van der Waals surface area contributed by atoms with Crippen molar-refractivity contribution in [3.05, 3.63) is 132 Å². The summed E-state index contributed by atoms with van der Waals surface area (Å²) in [7, 11) is 0. The molecule has 0 amide bonds. The number of hydrogen-bond acceptors (Lipinski definition) is 1. The van der Waals surface area contributed by atoms with Crippen LogP contribution in [-0.2, 0) is 12.0 Å². The molecule has 0 fully saturated rings. The van der Waals surface area contributed by atoms with Gasteiger partial charge in [0.05, 0.1) is 22.1 Å². The second-order valence-electron chi connectivity index (χ2n) is 12.7. The van der Waals surface area contributed by atoms with Gasteiger partial charge in [0.25, 0.3) is 0 Å². The number of aromatic nitrogens is 2. The molecule has 0 radical (unpaired) electrons. The van der Waals surface area contributed by atoms with Crippen molar-refractivity contribution in [3.8, 4) is 11.4 Å². The van der Waals surface area contributed by atoms with Crippen molar-refractivity contribution < 1.29 is 0 Å². The van der Waals surface area contributed by atoms with Crippen LogP contribution in [0.3, 0.4) is 0 Å². The van der Waals surface area contributed by atoms with Gasteiger partial charge in [-0.2, -0.15) is 0 Å². The number of nitrogens with two attached hydrogens (primary N) is 1. The van der Waals surface area contributed by atoms with Gasteiger partial charge in [0.15, 0.2) is 0 Å². The first kappa shape index (κ1) is 23.4. The highest BCUT2D eigenvalue weighted by atomic mass is 15.0. The van der Waals surface area contributed by atoms with Gasteiger partial charge in [0.2, 0.25) is 0 Å². The lowest BCUT2D eigenvalue weighted by molar-refractivity contribution is 0.663. The summed E-state index contributed by atoms with van der Waals surface area (Å²) in [6.07, 6.45) is 0. The molecule has 204 valence electrons. The fraction of sp³-hybridized carbons (Fsp3) is 0.100. The Bertz CT molecular complexity index is 2600. The van der Waals surface area contributed by atoms with Crippen LogP contribution in [0.15, 0.2) is 115 Å². The van der Waals surface area contributed by atoms with E-state index in [0.717, 1.165) is 11.3 Å². The van der Waals surface area contributed by atoms with E-state index in [1.807, 2.05) is 0 Å². The molecule has 2 aromatic heterocycles. The molecule has 9 aromatic rings. The van der Waals surface area contributed by atoms with Gasteiger partial charge in [-0.3, -0.25) is 0 Å². The van der Waals surface area contributed by atoms with E-state index in [2.05, 4.69) is 138 Å². The lowest BCUT2D eigenvalue weighted by Crippen LogP contribution is -2.15. The van der Waals surface area contributed by atoms with Crippen molar-refractivity contribution in [1.29, 1.82) is 0 Å². The fourth-order valence-electron chi connectivity index (χ4n) is 8.37. The maximum Gasteiger partial charge on any atom is 0.0549 e. The number of rotatable bonds is 3. The van der Waals surface area contributed by atoms with E-state index >= 15 is 0 Å². The zero-order valence-electron chi connectivity index (χ0n) is 24.1. The van der Waals surface area contributed by atoms with Gasteiger partial charge in [-0.25, -0.2) is 0 Å². The summed E-state index contributed by atoms with van der Waals surface area (Å²) < 4.78 is 4.93. The topological polar surface area (TPSA) is 35.9 Å². The minimum absolute atomic E-state index is 0.0911. The highest BCUT2D eigenvalue weighted by Gasteiger charge is 2.36. The summed E-state index contributed by atoms with van der Waals surface area (Å²) in [5, 5.41) is 10.8. The molecule has 1 aliphatic rings. The number of nitrogens with zero attached hydrogens (tertiary/aromatic N) is 2. The lowest BCUT2D eigenvalue weighted by Gasteiger charge is -2.22. The molecular weight excluding hydrogens is 522 g/mol. The maximum absolute atomic E-state index is 5.99. The quantitative estimate of drug-likeness (QED) is 0.233. The minimum atomic E-state index is -0.0911. The molecule has 3 heteroatoms. The summed E-state index contributed by atoms with van der Waals surface area (Å²) in [5.74, 6) is 0. The van der Waals surface area contributed by atoms with Crippen LogP contribution in [0.25, 0.3) is 76.5 Å². The van der Waals surface area contributed by atoms with Crippen molar-refractivity contribution in [2.24, 2.45) is 5.73 Å². The highest BCUT2D eigenvalue weighted by molar-refractivity contribution is 6.40. The molecule has 10 rings (SSSR count). The number of fused-ring (bicyclic) bond motifs is 1. The molecule has 1 aliphatic carbocycles. The Morgan fingerprint density at radius 2 is 1.00 bits per heavy atom. The van der Waals surface area contributed by atoms with E-state index in [0.29, 0.717) is 6.54 Å². The molecule has 0 atom stereocenters. The molecule has 0 saturated carbocycles. The lowest BCUT2D eigenvalue weighted by atomic mass is 9.81. The summed E-state index contributed by atoms with van der Waals surface area (Å²) in [5.41, 5.74) is 17.2. The second-order valence-corrected chi connectivity index (χ2v) is 12.7. The van der Waals surface area contributed by atoms with Crippen LogP contribution in [0.1, 0.15) is 30.5 Å². The van der Waals surface area contributed by atoms with E-state index in [1.165, 1.54) is 82.0 Å². The summed E-state index contributed by atoms with van der Waals surface area (Å²) in [6.45, 7) is 5.32. The Balaban J connectivity index is 1.56. The molecule has 0 unspecified atom stereocenters. The fourth-order valence-corrected chi connectivity index (χ4v) is 8.37. The third-order valence-corrected chi connectivity index (χ3v) is 10.2. The molecule has 3 nitrogen and oxygen atoms in total. The van der Waals surface area contributed by atoms with Gasteiger partial charge in [0, 0.05) is 44.9 Å². The zero-order valence-corrected chi connectivity index (χ0v) is 24.1. The summed E-state index contributed by atoms with van der Waals surface area (Å²) in [6, 6.07) is 42.8. The van der Waals surface area contributed by atoms with E-state index in [-0.39, 0.29) is 5.41 Å². The molecule has 0 spiro atoms. The smallest absolute Gasteiger partial charge is 0.0549 e.